The van der Waals surface area contributed by atoms with Crippen LogP contribution in [0.1, 0.15) is 19.8 Å². The smallest absolute Gasteiger partial charge is 0.0997 e. The molecule has 0 aliphatic heterocycles. The Kier molecular flexibility index (Phi) is 3.28. The van der Waals surface area contributed by atoms with Crippen LogP contribution in [0.25, 0.3) is 0 Å². The number of hydrogen-bond donors (Lipinski definition) is 0. The van der Waals surface area contributed by atoms with Crippen LogP contribution in [-0.2, 0) is 0 Å². The lowest BCUT2D eigenvalue weighted by molar-refractivity contribution is 1.03. The van der Waals surface area contributed by atoms with Crippen LogP contribution < -0.4 is 0 Å². The van der Waals surface area contributed by atoms with Crippen LogP contribution in [0.5, 0.6) is 0 Å². The molecular formula is C12H13N. The molecule has 0 aromatic carbocycles. The average Bonchev–Trinajstić information content (AvgIpc) is 2.49. The first kappa shape index (κ1) is 9.54. The molecule has 66 valence electrons. The fourth-order valence-electron chi connectivity index (χ4n) is 1.55. The van der Waals surface area contributed by atoms with Gasteiger partial charge in [0.1, 0.15) is 0 Å². The molecule has 1 nitrogen and oxygen atoms in total. The van der Waals surface area contributed by atoms with Crippen molar-refractivity contribution in [2.45, 2.75) is 19.8 Å². The van der Waals surface area contributed by atoms with Crippen LogP contribution in [0.4, 0.5) is 0 Å². The van der Waals surface area contributed by atoms with Crippen molar-refractivity contribution >= 4 is 0 Å². The van der Waals surface area contributed by atoms with Crippen molar-refractivity contribution in [3.8, 4) is 6.07 Å². The lowest BCUT2D eigenvalue weighted by Crippen LogP contribution is -1.79. The van der Waals surface area contributed by atoms with Crippen molar-refractivity contribution in [3.05, 3.63) is 47.6 Å². The minimum Gasteiger partial charge on any atom is -0.192 e. The highest BCUT2D eigenvalue weighted by atomic mass is 14.3. The molecule has 0 aromatic heterocycles. The maximum Gasteiger partial charge on any atom is 0.0997 e. The van der Waals surface area contributed by atoms with Crippen molar-refractivity contribution in [1.29, 1.82) is 5.26 Å². The van der Waals surface area contributed by atoms with Crippen molar-refractivity contribution in [1.82, 2.24) is 0 Å². The van der Waals surface area contributed by atoms with Gasteiger partial charge in [0.2, 0.25) is 0 Å². The summed E-state index contributed by atoms with van der Waals surface area (Å²) in [6.07, 6.45) is 9.60. The van der Waals surface area contributed by atoms with Gasteiger partial charge in [0.25, 0.3) is 0 Å². The molecule has 0 spiro atoms. The van der Waals surface area contributed by atoms with E-state index in [1.54, 1.807) is 6.08 Å². The van der Waals surface area contributed by atoms with Gasteiger partial charge in [0.15, 0.2) is 0 Å². The van der Waals surface area contributed by atoms with Gasteiger partial charge >= 0.3 is 0 Å². The summed E-state index contributed by atoms with van der Waals surface area (Å²) in [4.78, 5) is 0. The highest BCUT2D eigenvalue weighted by Gasteiger charge is 2.16. The summed E-state index contributed by atoms with van der Waals surface area (Å²) in [5.41, 5.74) is 3.10. The van der Waals surface area contributed by atoms with Gasteiger partial charge in [-0.25, -0.2) is 0 Å². The molecule has 0 saturated heterocycles. The number of nitriles is 1. The zero-order valence-electron chi connectivity index (χ0n) is 7.88. The zero-order chi connectivity index (χ0) is 9.68. The van der Waals surface area contributed by atoms with Gasteiger partial charge < -0.3 is 0 Å². The van der Waals surface area contributed by atoms with E-state index in [0.717, 1.165) is 29.6 Å². The van der Waals surface area contributed by atoms with Crippen molar-refractivity contribution < 1.29 is 0 Å². The maximum atomic E-state index is 8.94. The molecule has 0 unspecified atom stereocenters. The Morgan fingerprint density at radius 3 is 2.77 bits per heavy atom. The summed E-state index contributed by atoms with van der Waals surface area (Å²) in [7, 11) is 0. The lowest BCUT2D eigenvalue weighted by atomic mass is 10.1. The van der Waals surface area contributed by atoms with E-state index in [4.69, 9.17) is 5.26 Å². The summed E-state index contributed by atoms with van der Waals surface area (Å²) in [6, 6.07) is 2.25. The minimum absolute atomic E-state index is 0.831. The highest BCUT2D eigenvalue weighted by molar-refractivity contribution is 5.54. The van der Waals surface area contributed by atoms with Crippen LogP contribution in [0.15, 0.2) is 47.6 Å². The second-order valence-electron chi connectivity index (χ2n) is 2.94. The Balaban J connectivity index is 3.07. The third kappa shape index (κ3) is 1.97. The van der Waals surface area contributed by atoms with Gasteiger partial charge in [-0.3, -0.25) is 0 Å². The molecule has 0 amide bonds. The highest BCUT2D eigenvalue weighted by Crippen LogP contribution is 2.31. The second kappa shape index (κ2) is 4.47. The maximum absolute atomic E-state index is 8.94. The molecule has 0 N–H and O–H groups in total. The third-order valence-electron chi connectivity index (χ3n) is 2.10. The SMILES string of the molecule is C=CC=C1CCC(C=CC)=C1C#N. The Morgan fingerprint density at radius 2 is 2.23 bits per heavy atom. The van der Waals surface area contributed by atoms with Crippen LogP contribution in [-0.4, -0.2) is 0 Å². The largest absolute Gasteiger partial charge is 0.192 e. The predicted molar refractivity (Wildman–Crippen MR) is 55.0 cm³/mol. The van der Waals surface area contributed by atoms with Crippen molar-refractivity contribution in [2.75, 3.05) is 0 Å². The van der Waals surface area contributed by atoms with Crippen LogP contribution >= 0.6 is 0 Å². The van der Waals surface area contributed by atoms with Crippen molar-refractivity contribution in [2.24, 2.45) is 0 Å². The Hall–Kier alpha value is -1.55. The molecule has 0 radical (unpaired) electrons. The van der Waals surface area contributed by atoms with Crippen LogP contribution in [0.3, 0.4) is 0 Å². The molecule has 0 bridgehead atoms. The first-order valence-corrected chi connectivity index (χ1v) is 4.41. The quantitative estimate of drug-likeness (QED) is 0.625. The summed E-state index contributed by atoms with van der Waals surface area (Å²) in [5, 5.41) is 8.94. The summed E-state index contributed by atoms with van der Waals surface area (Å²) in [6.45, 7) is 5.61. The first-order valence-electron chi connectivity index (χ1n) is 4.41. The fourth-order valence-corrected chi connectivity index (χ4v) is 1.55. The van der Waals surface area contributed by atoms with Crippen LogP contribution in [0.2, 0.25) is 0 Å². The Bertz CT molecular complexity index is 335. The van der Waals surface area contributed by atoms with E-state index in [0.29, 0.717) is 0 Å². The summed E-state index contributed by atoms with van der Waals surface area (Å²) in [5.74, 6) is 0. The molecule has 0 saturated carbocycles. The van der Waals surface area contributed by atoms with E-state index in [-0.39, 0.29) is 0 Å². The van der Waals surface area contributed by atoms with Gasteiger partial charge in [0, 0.05) is 0 Å². The topological polar surface area (TPSA) is 23.8 Å². The molecule has 0 atom stereocenters. The Labute approximate surface area is 79.4 Å². The van der Waals surface area contributed by atoms with E-state index in [1.165, 1.54) is 0 Å². The molecule has 1 heteroatoms. The number of hydrogen-bond acceptors (Lipinski definition) is 1. The lowest BCUT2D eigenvalue weighted by Gasteiger charge is -1.93. The predicted octanol–water partition coefficient (Wildman–Crippen LogP) is 3.29. The van der Waals surface area contributed by atoms with E-state index in [9.17, 15) is 0 Å². The monoisotopic (exact) mass is 171 g/mol. The van der Waals surface area contributed by atoms with E-state index >= 15 is 0 Å². The Morgan fingerprint density at radius 1 is 1.46 bits per heavy atom. The molecule has 1 aliphatic carbocycles. The first-order chi connectivity index (χ1) is 6.33. The summed E-state index contributed by atoms with van der Waals surface area (Å²) < 4.78 is 0. The molecule has 0 fully saturated rings. The van der Waals surface area contributed by atoms with Crippen molar-refractivity contribution in [3.63, 3.8) is 0 Å². The molecule has 0 aromatic rings. The van der Waals surface area contributed by atoms with Gasteiger partial charge in [-0.2, -0.15) is 5.26 Å². The molecule has 1 aliphatic rings. The third-order valence-corrected chi connectivity index (χ3v) is 2.10. The number of allylic oxidation sites excluding steroid dienone is 7. The number of nitrogens with zero attached hydrogens (tertiary/aromatic N) is 1. The average molecular weight is 171 g/mol. The standard InChI is InChI=1S/C12H13N/c1-3-5-10-7-8-11(6-4-2)12(10)9-13/h3-6H,1,7-8H2,2H3. The van der Waals surface area contributed by atoms with Gasteiger partial charge in [-0.15, -0.1) is 0 Å². The van der Waals surface area contributed by atoms with Gasteiger partial charge in [0.05, 0.1) is 11.6 Å². The van der Waals surface area contributed by atoms with Gasteiger partial charge in [-0.05, 0) is 30.9 Å². The zero-order valence-corrected chi connectivity index (χ0v) is 7.88. The minimum atomic E-state index is 0.831. The summed E-state index contributed by atoms with van der Waals surface area (Å²) >= 11 is 0. The van der Waals surface area contributed by atoms with E-state index in [1.807, 2.05) is 25.2 Å². The second-order valence-corrected chi connectivity index (χ2v) is 2.94. The molecule has 0 heterocycles. The van der Waals surface area contributed by atoms with E-state index in [2.05, 4.69) is 12.6 Å². The normalized spacial score (nSPS) is 19.8. The van der Waals surface area contributed by atoms with Gasteiger partial charge in [-0.1, -0.05) is 30.9 Å². The fraction of sp³-hybridized carbons (Fsp3) is 0.250. The molecule has 13 heavy (non-hydrogen) atoms. The molecule has 1 rings (SSSR count). The van der Waals surface area contributed by atoms with E-state index < -0.39 is 0 Å². The number of rotatable bonds is 2. The molecular weight excluding hydrogens is 158 g/mol. The van der Waals surface area contributed by atoms with Crippen LogP contribution in [0, 0.1) is 11.3 Å².